The molecule has 2 aliphatic rings. The molecule has 0 amide bonds. The fourth-order valence-corrected chi connectivity index (χ4v) is 3.89. The average Bonchev–Trinajstić information content (AvgIpc) is 2.91. The van der Waals surface area contributed by atoms with E-state index in [9.17, 15) is 0 Å². The summed E-state index contributed by atoms with van der Waals surface area (Å²) in [5.74, 6) is 6.55. The molecule has 0 saturated heterocycles. The number of hydrogen-bond donors (Lipinski definition) is 2. The monoisotopic (exact) mass is 288 g/mol. The second-order valence-electron chi connectivity index (χ2n) is 6.67. The van der Waals surface area contributed by atoms with Crippen LogP contribution in [0.4, 0.5) is 0 Å². The number of hydrazine groups is 1. The Morgan fingerprint density at radius 3 is 2.86 bits per heavy atom. The van der Waals surface area contributed by atoms with Gasteiger partial charge in [-0.3, -0.25) is 11.3 Å². The van der Waals surface area contributed by atoms with Crippen molar-refractivity contribution in [1.29, 1.82) is 0 Å². The number of rotatable bonds is 7. The number of fused-ring (bicyclic) bond motifs is 1. The number of ether oxygens (including phenoxy) is 1. The minimum Gasteiger partial charge on any atom is -0.378 e. The van der Waals surface area contributed by atoms with Crippen molar-refractivity contribution >= 4 is 0 Å². The first-order valence-electron chi connectivity index (χ1n) is 8.47. The van der Waals surface area contributed by atoms with Gasteiger partial charge in [0.1, 0.15) is 0 Å². The Balaban J connectivity index is 1.51. The molecule has 1 atom stereocenters. The molecule has 0 heterocycles. The molecule has 1 saturated carbocycles. The van der Waals surface area contributed by atoms with Crippen molar-refractivity contribution in [3.8, 4) is 0 Å². The van der Waals surface area contributed by atoms with Crippen LogP contribution in [0.25, 0.3) is 0 Å². The van der Waals surface area contributed by atoms with Crippen LogP contribution in [0.5, 0.6) is 0 Å². The van der Waals surface area contributed by atoms with Crippen molar-refractivity contribution in [3.63, 3.8) is 0 Å². The maximum Gasteiger partial charge on any atom is 0.0580 e. The van der Waals surface area contributed by atoms with Gasteiger partial charge in [-0.05, 0) is 74.5 Å². The van der Waals surface area contributed by atoms with Crippen LogP contribution in [0, 0.1) is 5.92 Å². The molecule has 1 aromatic carbocycles. The summed E-state index contributed by atoms with van der Waals surface area (Å²) in [4.78, 5) is 0. The number of nitrogens with one attached hydrogen (secondary N) is 1. The predicted octanol–water partition coefficient (Wildman–Crippen LogP) is 2.75. The molecular formula is C18H28N2O. The van der Waals surface area contributed by atoms with Crippen molar-refractivity contribution in [2.45, 2.75) is 64.0 Å². The second-order valence-corrected chi connectivity index (χ2v) is 6.67. The molecular weight excluding hydrogens is 260 g/mol. The van der Waals surface area contributed by atoms with Gasteiger partial charge in [0.2, 0.25) is 0 Å². The van der Waals surface area contributed by atoms with Crippen molar-refractivity contribution in [1.82, 2.24) is 5.43 Å². The second kappa shape index (κ2) is 6.91. The smallest absolute Gasteiger partial charge is 0.0580 e. The minimum absolute atomic E-state index is 0.386. The average molecular weight is 288 g/mol. The van der Waals surface area contributed by atoms with E-state index >= 15 is 0 Å². The number of nitrogens with two attached hydrogens (primary N) is 1. The van der Waals surface area contributed by atoms with E-state index < -0.39 is 0 Å². The molecule has 3 N–H and O–H groups in total. The third-order valence-corrected chi connectivity index (χ3v) is 5.09. The lowest BCUT2D eigenvalue weighted by molar-refractivity contribution is -0.0290. The van der Waals surface area contributed by atoms with Gasteiger partial charge >= 0.3 is 0 Å². The zero-order valence-electron chi connectivity index (χ0n) is 13.1. The van der Waals surface area contributed by atoms with Crippen LogP contribution in [-0.2, 0) is 24.0 Å². The highest BCUT2D eigenvalue weighted by atomic mass is 16.5. The highest BCUT2D eigenvalue weighted by Gasteiger charge is 2.31. The molecule has 2 aliphatic carbocycles. The zero-order valence-corrected chi connectivity index (χ0v) is 13.1. The molecule has 1 fully saturated rings. The third-order valence-electron chi connectivity index (χ3n) is 5.09. The quantitative estimate of drug-likeness (QED) is 0.599. The molecule has 0 spiro atoms. The Morgan fingerprint density at radius 2 is 2.10 bits per heavy atom. The summed E-state index contributed by atoms with van der Waals surface area (Å²) in [6.45, 7) is 2.91. The largest absolute Gasteiger partial charge is 0.378 e. The van der Waals surface area contributed by atoms with Crippen molar-refractivity contribution in [2.24, 2.45) is 11.8 Å². The van der Waals surface area contributed by atoms with Crippen molar-refractivity contribution in [3.05, 3.63) is 34.9 Å². The van der Waals surface area contributed by atoms with E-state index in [1.165, 1.54) is 37.7 Å². The van der Waals surface area contributed by atoms with Crippen LogP contribution in [0.2, 0.25) is 0 Å². The van der Waals surface area contributed by atoms with Crippen LogP contribution < -0.4 is 11.3 Å². The van der Waals surface area contributed by atoms with Gasteiger partial charge in [-0.15, -0.1) is 0 Å². The maximum absolute atomic E-state index is 5.77. The Morgan fingerprint density at radius 1 is 1.29 bits per heavy atom. The van der Waals surface area contributed by atoms with Crippen LogP contribution in [0.15, 0.2) is 18.2 Å². The lowest BCUT2D eigenvalue weighted by Crippen LogP contribution is -2.42. The van der Waals surface area contributed by atoms with Crippen molar-refractivity contribution < 1.29 is 4.74 Å². The molecule has 1 unspecified atom stereocenters. The zero-order chi connectivity index (χ0) is 14.7. The predicted molar refractivity (Wildman–Crippen MR) is 86.0 cm³/mol. The fourth-order valence-electron chi connectivity index (χ4n) is 3.89. The number of hydrogen-bond acceptors (Lipinski definition) is 3. The van der Waals surface area contributed by atoms with E-state index in [1.54, 1.807) is 11.1 Å². The highest BCUT2D eigenvalue weighted by molar-refractivity contribution is 5.35. The molecule has 1 aromatic rings. The standard InChI is InChI=1S/C18H28N2O/c1-2-21-18-11-14(12-18)10-17(20-19)9-13-6-7-15-4-3-5-16(15)8-13/h6-8,14,17-18,20H,2-5,9-12,19H2,1H3. The topological polar surface area (TPSA) is 47.3 Å². The first kappa shape index (κ1) is 15.0. The first-order chi connectivity index (χ1) is 10.3. The summed E-state index contributed by atoms with van der Waals surface area (Å²) < 4.78 is 5.64. The molecule has 0 aliphatic heterocycles. The Bertz CT molecular complexity index is 468. The van der Waals surface area contributed by atoms with Gasteiger partial charge in [-0.25, -0.2) is 0 Å². The van der Waals surface area contributed by atoms with Gasteiger partial charge in [0.05, 0.1) is 6.10 Å². The summed E-state index contributed by atoms with van der Waals surface area (Å²) in [6, 6.07) is 7.39. The Labute approximate surface area is 128 Å². The summed E-state index contributed by atoms with van der Waals surface area (Å²) in [5, 5.41) is 0. The Kier molecular flexibility index (Phi) is 4.94. The summed E-state index contributed by atoms with van der Waals surface area (Å²) in [5.41, 5.74) is 7.56. The minimum atomic E-state index is 0.386. The van der Waals surface area contributed by atoms with E-state index in [2.05, 4.69) is 30.5 Å². The lowest BCUT2D eigenvalue weighted by Gasteiger charge is -2.37. The Hall–Kier alpha value is -0.900. The van der Waals surface area contributed by atoms with Crippen LogP contribution >= 0.6 is 0 Å². The van der Waals surface area contributed by atoms with Crippen LogP contribution in [0.3, 0.4) is 0 Å². The van der Waals surface area contributed by atoms with Gasteiger partial charge in [-0.2, -0.15) is 0 Å². The third kappa shape index (κ3) is 3.65. The highest BCUT2D eigenvalue weighted by Crippen LogP contribution is 2.34. The van der Waals surface area contributed by atoms with Gasteiger partial charge in [-0.1, -0.05) is 18.2 Å². The van der Waals surface area contributed by atoms with E-state index in [0.29, 0.717) is 12.1 Å². The molecule has 21 heavy (non-hydrogen) atoms. The normalized spacial score (nSPS) is 25.4. The van der Waals surface area contributed by atoms with Gasteiger partial charge in [0, 0.05) is 12.6 Å². The summed E-state index contributed by atoms with van der Waals surface area (Å²) >= 11 is 0. The maximum atomic E-state index is 5.77. The van der Waals surface area contributed by atoms with Crippen LogP contribution in [0.1, 0.15) is 49.3 Å². The van der Waals surface area contributed by atoms with Gasteiger partial charge in [0.25, 0.3) is 0 Å². The summed E-state index contributed by atoms with van der Waals surface area (Å²) in [7, 11) is 0. The number of aryl methyl sites for hydroxylation is 2. The summed E-state index contributed by atoms with van der Waals surface area (Å²) in [6.07, 6.45) is 8.94. The SMILES string of the molecule is CCOC1CC(CC(Cc2ccc3c(c2)CCC3)NN)C1. The first-order valence-corrected chi connectivity index (χ1v) is 8.47. The van der Waals surface area contributed by atoms with E-state index in [1.807, 2.05) is 0 Å². The van der Waals surface area contributed by atoms with E-state index in [-0.39, 0.29) is 0 Å². The number of benzene rings is 1. The van der Waals surface area contributed by atoms with E-state index in [0.717, 1.165) is 25.4 Å². The van der Waals surface area contributed by atoms with Crippen molar-refractivity contribution in [2.75, 3.05) is 6.61 Å². The van der Waals surface area contributed by atoms with E-state index in [4.69, 9.17) is 10.6 Å². The lowest BCUT2D eigenvalue weighted by atomic mass is 9.77. The fraction of sp³-hybridized carbons (Fsp3) is 0.667. The molecule has 116 valence electrons. The molecule has 3 heteroatoms. The molecule has 0 aromatic heterocycles. The van der Waals surface area contributed by atoms with Gasteiger partial charge < -0.3 is 4.74 Å². The molecule has 0 radical (unpaired) electrons. The molecule has 3 rings (SSSR count). The molecule has 3 nitrogen and oxygen atoms in total. The molecule has 0 bridgehead atoms. The van der Waals surface area contributed by atoms with Crippen LogP contribution in [-0.4, -0.2) is 18.8 Å². The van der Waals surface area contributed by atoms with Gasteiger partial charge in [0.15, 0.2) is 0 Å².